The van der Waals surface area contributed by atoms with E-state index >= 15 is 0 Å². The van der Waals surface area contributed by atoms with Crippen molar-refractivity contribution in [2.75, 3.05) is 11.1 Å². The van der Waals surface area contributed by atoms with Crippen LogP contribution >= 0.6 is 23.1 Å². The van der Waals surface area contributed by atoms with Crippen LogP contribution in [-0.4, -0.2) is 26.8 Å². The molecule has 3 rings (SSSR count). The van der Waals surface area contributed by atoms with E-state index in [2.05, 4.69) is 20.5 Å². The second-order valence-corrected chi connectivity index (χ2v) is 7.41. The van der Waals surface area contributed by atoms with Crippen molar-refractivity contribution >= 4 is 34.1 Å². The van der Waals surface area contributed by atoms with Crippen LogP contribution in [0.15, 0.2) is 39.1 Å². The molecule has 0 aliphatic heterocycles. The molecule has 0 saturated heterocycles. The second-order valence-electron chi connectivity index (χ2n) is 4.92. The predicted molar refractivity (Wildman–Crippen MR) is 95.3 cm³/mol. The van der Waals surface area contributed by atoms with E-state index < -0.39 is 0 Å². The Bertz CT molecular complexity index is 830. The van der Waals surface area contributed by atoms with Crippen LogP contribution in [0.2, 0.25) is 0 Å². The van der Waals surface area contributed by atoms with E-state index in [1.165, 1.54) is 11.3 Å². The number of carbonyl (C=O) groups excluding carboxylic acids is 1. The van der Waals surface area contributed by atoms with E-state index in [1.807, 2.05) is 44.2 Å². The lowest BCUT2D eigenvalue weighted by atomic mass is 10.2. The predicted octanol–water partition coefficient (Wildman–Crippen LogP) is 3.79. The molecular formula is C16H16N4O2S2. The topological polar surface area (TPSA) is 80.9 Å². The number of thioether (sulfide) groups is 1. The van der Waals surface area contributed by atoms with Gasteiger partial charge in [0.2, 0.25) is 16.9 Å². The Morgan fingerprint density at radius 2 is 2.08 bits per heavy atom. The molecule has 0 radical (unpaired) electrons. The Labute approximate surface area is 147 Å². The Kier molecular flexibility index (Phi) is 5.27. The van der Waals surface area contributed by atoms with Gasteiger partial charge in [0.15, 0.2) is 4.34 Å². The lowest BCUT2D eigenvalue weighted by Crippen LogP contribution is -2.15. The van der Waals surface area contributed by atoms with Gasteiger partial charge in [-0.2, -0.15) is 0 Å². The molecule has 124 valence electrons. The molecule has 1 N–H and O–H groups in total. The van der Waals surface area contributed by atoms with Gasteiger partial charge < -0.3 is 9.73 Å². The molecule has 0 bridgehead atoms. The standard InChI is InChI=1S/C16H16N4O2S2/c1-3-23-16-20-19-15(24-16)18-13(21)9-12-10(2)22-14(17-12)11-7-5-4-6-8-11/h4-8H,3,9H2,1-2H3,(H,18,19,21). The summed E-state index contributed by atoms with van der Waals surface area (Å²) in [5, 5.41) is 11.2. The van der Waals surface area contributed by atoms with Gasteiger partial charge in [0.25, 0.3) is 0 Å². The van der Waals surface area contributed by atoms with E-state index in [0.29, 0.717) is 22.5 Å². The van der Waals surface area contributed by atoms with E-state index in [0.717, 1.165) is 15.7 Å². The summed E-state index contributed by atoms with van der Waals surface area (Å²) in [5.74, 6) is 1.90. The van der Waals surface area contributed by atoms with Gasteiger partial charge in [-0.1, -0.05) is 48.2 Å². The molecule has 2 heterocycles. The zero-order chi connectivity index (χ0) is 16.9. The Morgan fingerprint density at radius 1 is 1.29 bits per heavy atom. The monoisotopic (exact) mass is 360 g/mol. The summed E-state index contributed by atoms with van der Waals surface area (Å²) in [6, 6.07) is 9.61. The molecule has 6 nitrogen and oxygen atoms in total. The van der Waals surface area contributed by atoms with Crippen molar-refractivity contribution < 1.29 is 9.21 Å². The largest absolute Gasteiger partial charge is 0.441 e. The third kappa shape index (κ3) is 4.01. The van der Waals surface area contributed by atoms with Crippen molar-refractivity contribution in [1.82, 2.24) is 15.2 Å². The average molecular weight is 360 g/mol. The highest BCUT2D eigenvalue weighted by atomic mass is 32.2. The molecule has 0 atom stereocenters. The molecule has 0 aliphatic rings. The molecule has 1 amide bonds. The highest BCUT2D eigenvalue weighted by Gasteiger charge is 2.16. The quantitative estimate of drug-likeness (QED) is 0.532. The number of oxazole rings is 1. The van der Waals surface area contributed by atoms with Crippen molar-refractivity contribution in [3.05, 3.63) is 41.8 Å². The molecule has 0 saturated carbocycles. The fraction of sp³-hybridized carbons (Fsp3) is 0.250. The van der Waals surface area contributed by atoms with Crippen molar-refractivity contribution in [3.8, 4) is 11.5 Å². The molecule has 1 aromatic carbocycles. The maximum absolute atomic E-state index is 12.2. The number of aryl methyl sites for hydroxylation is 1. The van der Waals surface area contributed by atoms with Crippen LogP contribution in [0.25, 0.3) is 11.5 Å². The molecule has 0 fully saturated rings. The first-order valence-corrected chi connectivity index (χ1v) is 9.23. The maximum Gasteiger partial charge on any atom is 0.232 e. The normalized spacial score (nSPS) is 10.8. The zero-order valence-corrected chi connectivity index (χ0v) is 14.9. The van der Waals surface area contributed by atoms with Crippen LogP contribution in [0.5, 0.6) is 0 Å². The fourth-order valence-corrected chi connectivity index (χ4v) is 3.72. The molecule has 0 unspecified atom stereocenters. The third-order valence-electron chi connectivity index (χ3n) is 3.16. The SMILES string of the molecule is CCSc1nnc(NC(=O)Cc2nc(-c3ccccc3)oc2C)s1. The second kappa shape index (κ2) is 7.59. The van der Waals surface area contributed by atoms with Gasteiger partial charge in [0, 0.05) is 5.56 Å². The number of amides is 1. The lowest BCUT2D eigenvalue weighted by molar-refractivity contribution is -0.115. The lowest BCUT2D eigenvalue weighted by Gasteiger charge is -1.98. The summed E-state index contributed by atoms with van der Waals surface area (Å²) >= 11 is 2.96. The average Bonchev–Trinajstić information content (AvgIpc) is 3.16. The van der Waals surface area contributed by atoms with E-state index in [9.17, 15) is 4.79 Å². The van der Waals surface area contributed by atoms with E-state index in [1.54, 1.807) is 11.8 Å². The molecular weight excluding hydrogens is 344 g/mol. The Morgan fingerprint density at radius 3 is 2.83 bits per heavy atom. The summed E-state index contributed by atoms with van der Waals surface area (Å²) in [5.41, 5.74) is 1.51. The van der Waals surface area contributed by atoms with Gasteiger partial charge in [-0.15, -0.1) is 10.2 Å². The van der Waals surface area contributed by atoms with Crippen LogP contribution in [0.1, 0.15) is 18.4 Å². The van der Waals surface area contributed by atoms with Crippen LogP contribution in [0.4, 0.5) is 5.13 Å². The zero-order valence-electron chi connectivity index (χ0n) is 13.3. The maximum atomic E-state index is 12.2. The number of aromatic nitrogens is 3. The summed E-state index contributed by atoms with van der Waals surface area (Å²) in [4.78, 5) is 16.6. The van der Waals surface area contributed by atoms with Gasteiger partial charge >= 0.3 is 0 Å². The van der Waals surface area contributed by atoms with Crippen molar-refractivity contribution in [3.63, 3.8) is 0 Å². The van der Waals surface area contributed by atoms with Crippen LogP contribution in [-0.2, 0) is 11.2 Å². The summed E-state index contributed by atoms with van der Waals surface area (Å²) < 4.78 is 6.51. The van der Waals surface area contributed by atoms with E-state index in [4.69, 9.17) is 4.42 Å². The van der Waals surface area contributed by atoms with Crippen molar-refractivity contribution in [2.45, 2.75) is 24.6 Å². The number of hydrogen-bond donors (Lipinski definition) is 1. The van der Waals surface area contributed by atoms with Crippen LogP contribution in [0.3, 0.4) is 0 Å². The number of nitrogens with one attached hydrogen (secondary N) is 1. The number of carbonyl (C=O) groups is 1. The van der Waals surface area contributed by atoms with Gasteiger partial charge in [-0.05, 0) is 24.8 Å². The molecule has 8 heteroatoms. The molecule has 3 aromatic rings. The van der Waals surface area contributed by atoms with Crippen LogP contribution < -0.4 is 5.32 Å². The summed E-state index contributed by atoms with van der Waals surface area (Å²) in [7, 11) is 0. The minimum absolute atomic E-state index is 0.137. The molecule has 0 spiro atoms. The van der Waals surface area contributed by atoms with Gasteiger partial charge in [-0.3, -0.25) is 4.79 Å². The summed E-state index contributed by atoms with van der Waals surface area (Å²) in [6.07, 6.45) is 0.137. The first-order valence-electron chi connectivity index (χ1n) is 7.43. The Hall–Kier alpha value is -2.19. The van der Waals surface area contributed by atoms with Crippen molar-refractivity contribution in [2.24, 2.45) is 0 Å². The minimum atomic E-state index is -0.185. The van der Waals surface area contributed by atoms with E-state index in [-0.39, 0.29) is 12.3 Å². The number of anilines is 1. The first kappa shape index (κ1) is 16.7. The highest BCUT2D eigenvalue weighted by Crippen LogP contribution is 2.25. The number of hydrogen-bond acceptors (Lipinski definition) is 7. The molecule has 2 aromatic heterocycles. The van der Waals surface area contributed by atoms with Crippen LogP contribution in [0, 0.1) is 6.92 Å². The first-order chi connectivity index (χ1) is 11.7. The van der Waals surface area contributed by atoms with Crippen molar-refractivity contribution in [1.29, 1.82) is 0 Å². The number of benzene rings is 1. The Balaban J connectivity index is 1.67. The number of nitrogens with zero attached hydrogens (tertiary/aromatic N) is 3. The third-order valence-corrected chi connectivity index (χ3v) is 5.02. The fourth-order valence-electron chi connectivity index (χ4n) is 2.05. The van der Waals surface area contributed by atoms with Gasteiger partial charge in [0.05, 0.1) is 12.1 Å². The highest BCUT2D eigenvalue weighted by molar-refractivity contribution is 8.01. The molecule has 0 aliphatic carbocycles. The van der Waals surface area contributed by atoms with Gasteiger partial charge in [0.1, 0.15) is 5.76 Å². The minimum Gasteiger partial charge on any atom is -0.441 e. The summed E-state index contributed by atoms with van der Waals surface area (Å²) in [6.45, 7) is 3.85. The number of rotatable bonds is 6. The molecule has 24 heavy (non-hydrogen) atoms. The van der Waals surface area contributed by atoms with Gasteiger partial charge in [-0.25, -0.2) is 4.98 Å². The smallest absolute Gasteiger partial charge is 0.232 e.